The lowest BCUT2D eigenvalue weighted by Gasteiger charge is -2.46. The van der Waals surface area contributed by atoms with Crippen molar-refractivity contribution in [1.29, 1.82) is 0 Å². The van der Waals surface area contributed by atoms with Gasteiger partial charge in [0.15, 0.2) is 0 Å². The largest absolute Gasteiger partial charge is 0.507 e. The van der Waals surface area contributed by atoms with Gasteiger partial charge in [0.25, 0.3) is 5.91 Å². The summed E-state index contributed by atoms with van der Waals surface area (Å²) in [7, 11) is 2.20. The number of piperidine rings is 2. The maximum atomic E-state index is 12.7. The fourth-order valence-electron chi connectivity index (χ4n) is 3.84. The van der Waals surface area contributed by atoms with E-state index < -0.39 is 0 Å². The number of rotatable bonds is 1. The average molecular weight is 288 g/mol. The number of hydrogen-bond acceptors (Lipinski definition) is 3. The van der Waals surface area contributed by atoms with Gasteiger partial charge in [-0.15, -0.1) is 0 Å². The van der Waals surface area contributed by atoms with E-state index in [9.17, 15) is 9.90 Å². The van der Waals surface area contributed by atoms with Crippen molar-refractivity contribution in [3.63, 3.8) is 0 Å². The Morgan fingerprint density at radius 1 is 1.29 bits per heavy atom. The highest BCUT2D eigenvalue weighted by atomic mass is 16.3. The van der Waals surface area contributed by atoms with Gasteiger partial charge in [-0.2, -0.15) is 0 Å². The molecule has 0 spiro atoms. The molecule has 0 radical (unpaired) electrons. The molecule has 1 N–H and O–H groups in total. The van der Waals surface area contributed by atoms with E-state index in [0.717, 1.165) is 25.1 Å². The minimum Gasteiger partial charge on any atom is -0.507 e. The van der Waals surface area contributed by atoms with Crippen LogP contribution in [0.3, 0.4) is 0 Å². The van der Waals surface area contributed by atoms with E-state index in [1.54, 1.807) is 6.07 Å². The number of carbonyl (C=O) groups excluding carboxylic acids is 1. The van der Waals surface area contributed by atoms with Gasteiger partial charge in [0.05, 0.1) is 5.56 Å². The van der Waals surface area contributed by atoms with Gasteiger partial charge in [-0.25, -0.2) is 0 Å². The predicted molar refractivity (Wildman–Crippen MR) is 82.5 cm³/mol. The van der Waals surface area contributed by atoms with E-state index in [1.165, 1.54) is 19.4 Å². The van der Waals surface area contributed by atoms with Gasteiger partial charge in [-0.3, -0.25) is 4.79 Å². The zero-order valence-electron chi connectivity index (χ0n) is 12.9. The van der Waals surface area contributed by atoms with Crippen LogP contribution in [0.15, 0.2) is 18.2 Å². The molecule has 2 saturated heterocycles. The number of para-hydroxylation sites is 1. The number of fused-ring (bicyclic) bond motifs is 1. The van der Waals surface area contributed by atoms with Gasteiger partial charge in [0, 0.05) is 19.1 Å². The van der Waals surface area contributed by atoms with Crippen molar-refractivity contribution >= 4 is 5.91 Å². The summed E-state index contributed by atoms with van der Waals surface area (Å²) < 4.78 is 0. The Morgan fingerprint density at radius 3 is 2.90 bits per heavy atom. The molecular formula is C17H24N2O2. The Labute approximate surface area is 126 Å². The monoisotopic (exact) mass is 288 g/mol. The summed E-state index contributed by atoms with van der Waals surface area (Å²) in [5.41, 5.74) is 1.20. The summed E-state index contributed by atoms with van der Waals surface area (Å²) in [6.07, 6.45) is 3.47. The lowest BCUT2D eigenvalue weighted by Crippen LogP contribution is -2.53. The van der Waals surface area contributed by atoms with Crippen molar-refractivity contribution in [2.24, 2.45) is 5.92 Å². The van der Waals surface area contributed by atoms with Crippen molar-refractivity contribution in [3.8, 4) is 5.75 Å². The molecule has 0 saturated carbocycles. The normalized spacial score (nSPS) is 26.5. The van der Waals surface area contributed by atoms with Crippen LogP contribution in [0.2, 0.25) is 0 Å². The maximum Gasteiger partial charge on any atom is 0.257 e. The molecule has 4 nitrogen and oxygen atoms in total. The number of benzene rings is 1. The Balaban J connectivity index is 1.76. The first-order chi connectivity index (χ1) is 10.1. The average Bonchev–Trinajstić information content (AvgIpc) is 2.49. The van der Waals surface area contributed by atoms with Gasteiger partial charge in [-0.1, -0.05) is 12.1 Å². The Kier molecular flexibility index (Phi) is 3.89. The van der Waals surface area contributed by atoms with E-state index in [-0.39, 0.29) is 11.7 Å². The summed E-state index contributed by atoms with van der Waals surface area (Å²) in [6, 6.07) is 6.01. The summed E-state index contributed by atoms with van der Waals surface area (Å²) in [4.78, 5) is 17.1. The molecule has 2 aliphatic rings. The molecule has 21 heavy (non-hydrogen) atoms. The summed E-state index contributed by atoms with van der Waals surface area (Å²) in [5, 5.41) is 10.1. The predicted octanol–water partition coefficient (Wildman–Crippen LogP) is 2.26. The maximum absolute atomic E-state index is 12.7. The lowest BCUT2D eigenvalue weighted by atomic mass is 9.84. The van der Waals surface area contributed by atoms with Crippen LogP contribution >= 0.6 is 0 Å². The highest BCUT2D eigenvalue weighted by molar-refractivity contribution is 5.97. The number of hydrogen-bond donors (Lipinski definition) is 1. The second kappa shape index (κ2) is 5.68. The molecule has 0 bridgehead atoms. The highest BCUT2D eigenvalue weighted by Crippen LogP contribution is 2.31. The fraction of sp³-hybridized carbons (Fsp3) is 0.588. The third-order valence-corrected chi connectivity index (χ3v) is 5.10. The standard InChI is InChI=1S/C17H24N2O2/c1-12-5-3-7-14(16(12)20)17(21)19-10-8-15-13(11-19)6-4-9-18(15)2/h3,5,7,13,15,20H,4,6,8-11H2,1-2H3. The number of nitrogens with zero attached hydrogens (tertiary/aromatic N) is 2. The first-order valence-corrected chi connectivity index (χ1v) is 7.86. The molecule has 1 aromatic rings. The van der Waals surface area contributed by atoms with E-state index in [0.29, 0.717) is 17.5 Å². The number of phenols is 1. The van der Waals surface area contributed by atoms with Crippen LogP contribution in [0.1, 0.15) is 35.2 Å². The van der Waals surface area contributed by atoms with Crippen LogP contribution in [-0.4, -0.2) is 53.5 Å². The Morgan fingerprint density at radius 2 is 2.10 bits per heavy atom. The minimum absolute atomic E-state index is 0.0251. The molecule has 0 aromatic heterocycles. The molecule has 4 heteroatoms. The molecular weight excluding hydrogens is 264 g/mol. The fourth-order valence-corrected chi connectivity index (χ4v) is 3.84. The first kappa shape index (κ1) is 14.4. The van der Waals surface area contributed by atoms with E-state index in [2.05, 4.69) is 11.9 Å². The van der Waals surface area contributed by atoms with Gasteiger partial charge >= 0.3 is 0 Å². The third kappa shape index (κ3) is 2.64. The van der Waals surface area contributed by atoms with Crippen molar-refractivity contribution < 1.29 is 9.90 Å². The summed E-state index contributed by atoms with van der Waals surface area (Å²) >= 11 is 0. The number of amides is 1. The van der Waals surface area contributed by atoms with Crippen LogP contribution in [-0.2, 0) is 0 Å². The Hall–Kier alpha value is -1.55. The zero-order chi connectivity index (χ0) is 15.0. The third-order valence-electron chi connectivity index (χ3n) is 5.10. The number of likely N-dealkylation sites (tertiary alicyclic amines) is 2. The molecule has 3 rings (SSSR count). The molecule has 2 unspecified atom stereocenters. The summed E-state index contributed by atoms with van der Waals surface area (Å²) in [5.74, 6) is 0.682. The van der Waals surface area contributed by atoms with E-state index >= 15 is 0 Å². The molecule has 1 aromatic carbocycles. The van der Waals surface area contributed by atoms with Crippen molar-refractivity contribution in [3.05, 3.63) is 29.3 Å². The second-order valence-electron chi connectivity index (χ2n) is 6.46. The molecule has 2 aliphatic heterocycles. The van der Waals surface area contributed by atoms with Crippen LogP contribution in [0.25, 0.3) is 0 Å². The smallest absolute Gasteiger partial charge is 0.257 e. The molecule has 1 amide bonds. The highest BCUT2D eigenvalue weighted by Gasteiger charge is 2.36. The van der Waals surface area contributed by atoms with Gasteiger partial charge in [0.2, 0.25) is 0 Å². The SMILES string of the molecule is Cc1cccc(C(=O)N2CCC3C(CCCN3C)C2)c1O. The van der Waals surface area contributed by atoms with E-state index in [4.69, 9.17) is 0 Å². The zero-order valence-corrected chi connectivity index (χ0v) is 12.9. The van der Waals surface area contributed by atoms with Gasteiger partial charge in [-0.05, 0) is 57.3 Å². The molecule has 114 valence electrons. The Bertz CT molecular complexity index is 544. The van der Waals surface area contributed by atoms with Crippen molar-refractivity contribution in [1.82, 2.24) is 9.80 Å². The van der Waals surface area contributed by atoms with E-state index in [1.807, 2.05) is 24.0 Å². The van der Waals surface area contributed by atoms with Crippen LogP contribution in [0.4, 0.5) is 0 Å². The molecule has 2 heterocycles. The summed E-state index contributed by atoms with van der Waals surface area (Å²) in [6.45, 7) is 4.61. The van der Waals surface area contributed by atoms with Crippen LogP contribution < -0.4 is 0 Å². The van der Waals surface area contributed by atoms with Crippen LogP contribution in [0, 0.1) is 12.8 Å². The minimum atomic E-state index is -0.0251. The van der Waals surface area contributed by atoms with Crippen molar-refractivity contribution in [2.45, 2.75) is 32.2 Å². The topological polar surface area (TPSA) is 43.8 Å². The molecule has 0 aliphatic carbocycles. The number of aromatic hydroxyl groups is 1. The van der Waals surface area contributed by atoms with Gasteiger partial charge in [0.1, 0.15) is 5.75 Å². The number of phenolic OH excluding ortho intramolecular Hbond substituents is 1. The number of aryl methyl sites for hydroxylation is 1. The molecule has 2 atom stereocenters. The van der Waals surface area contributed by atoms with Crippen molar-refractivity contribution in [2.75, 3.05) is 26.7 Å². The molecule has 2 fully saturated rings. The second-order valence-corrected chi connectivity index (χ2v) is 6.46. The lowest BCUT2D eigenvalue weighted by molar-refractivity contribution is 0.0315. The van der Waals surface area contributed by atoms with Gasteiger partial charge < -0.3 is 14.9 Å². The number of carbonyl (C=O) groups is 1. The van der Waals surface area contributed by atoms with Crippen LogP contribution in [0.5, 0.6) is 5.75 Å². The first-order valence-electron chi connectivity index (χ1n) is 7.86. The quantitative estimate of drug-likeness (QED) is 0.862.